The van der Waals surface area contributed by atoms with E-state index in [2.05, 4.69) is 12.2 Å². The lowest BCUT2D eigenvalue weighted by molar-refractivity contribution is -0.116. The molecular formula is C15H23NO2S. The number of hydrogen-bond donors (Lipinski definition) is 2. The Morgan fingerprint density at radius 3 is 2.84 bits per heavy atom. The topological polar surface area (TPSA) is 49.3 Å². The van der Waals surface area contributed by atoms with Gasteiger partial charge in [0, 0.05) is 29.0 Å². The summed E-state index contributed by atoms with van der Waals surface area (Å²) in [5, 5.41) is 11.9. The molecular weight excluding hydrogens is 258 g/mol. The number of thiophene rings is 1. The van der Waals surface area contributed by atoms with Crippen molar-refractivity contribution in [2.75, 3.05) is 13.2 Å². The lowest BCUT2D eigenvalue weighted by atomic mass is 10.0. The largest absolute Gasteiger partial charge is 0.396 e. The van der Waals surface area contributed by atoms with Gasteiger partial charge in [-0.2, -0.15) is 0 Å². The van der Waals surface area contributed by atoms with E-state index in [1.807, 2.05) is 25.1 Å². The van der Waals surface area contributed by atoms with Gasteiger partial charge in [0.05, 0.1) is 0 Å². The summed E-state index contributed by atoms with van der Waals surface area (Å²) in [4.78, 5) is 14.0. The SMILES string of the molecule is CCCC(CCO)CNC(=O)/C=C/c1ccc(C)s1. The maximum Gasteiger partial charge on any atom is 0.244 e. The van der Waals surface area contributed by atoms with Crippen LogP contribution in [0.25, 0.3) is 6.08 Å². The van der Waals surface area contributed by atoms with Crippen molar-refractivity contribution in [3.8, 4) is 0 Å². The molecule has 3 nitrogen and oxygen atoms in total. The fourth-order valence-corrected chi connectivity index (χ4v) is 2.72. The number of hydrogen-bond acceptors (Lipinski definition) is 3. The second-order valence-corrected chi connectivity index (χ2v) is 6.01. The quantitative estimate of drug-likeness (QED) is 0.720. The third-order valence-corrected chi connectivity index (χ3v) is 3.93. The Labute approximate surface area is 119 Å². The van der Waals surface area contributed by atoms with Crippen LogP contribution in [0.3, 0.4) is 0 Å². The number of carbonyl (C=O) groups excluding carboxylic acids is 1. The van der Waals surface area contributed by atoms with Gasteiger partial charge in [0.25, 0.3) is 0 Å². The van der Waals surface area contributed by atoms with Crippen molar-refractivity contribution >= 4 is 23.3 Å². The lowest BCUT2D eigenvalue weighted by Crippen LogP contribution is -2.28. The first-order valence-electron chi connectivity index (χ1n) is 6.79. The molecule has 0 aliphatic carbocycles. The van der Waals surface area contributed by atoms with Crippen molar-refractivity contribution in [1.82, 2.24) is 5.32 Å². The summed E-state index contributed by atoms with van der Waals surface area (Å²) in [6, 6.07) is 4.05. The van der Waals surface area contributed by atoms with Gasteiger partial charge in [0.1, 0.15) is 0 Å². The number of aryl methyl sites for hydroxylation is 1. The van der Waals surface area contributed by atoms with Crippen molar-refractivity contribution in [2.24, 2.45) is 5.92 Å². The fourth-order valence-electron chi connectivity index (χ4n) is 1.94. The molecule has 0 spiro atoms. The van der Waals surface area contributed by atoms with Gasteiger partial charge in [-0.25, -0.2) is 0 Å². The van der Waals surface area contributed by atoms with E-state index in [1.54, 1.807) is 17.4 Å². The van der Waals surface area contributed by atoms with Crippen molar-refractivity contribution in [1.29, 1.82) is 0 Å². The highest BCUT2D eigenvalue weighted by Crippen LogP contribution is 2.16. The van der Waals surface area contributed by atoms with Crippen LogP contribution >= 0.6 is 11.3 Å². The summed E-state index contributed by atoms with van der Waals surface area (Å²) in [5.41, 5.74) is 0. The maximum atomic E-state index is 11.7. The molecule has 1 unspecified atom stereocenters. The van der Waals surface area contributed by atoms with Crippen LogP contribution in [-0.2, 0) is 4.79 Å². The number of amides is 1. The van der Waals surface area contributed by atoms with Crippen LogP contribution in [0.4, 0.5) is 0 Å². The molecule has 1 amide bonds. The first kappa shape index (κ1) is 15.9. The fraction of sp³-hybridized carbons (Fsp3) is 0.533. The third kappa shape index (κ3) is 6.55. The summed E-state index contributed by atoms with van der Waals surface area (Å²) in [5.74, 6) is 0.307. The number of aliphatic hydroxyl groups excluding tert-OH is 1. The molecule has 1 rings (SSSR count). The van der Waals surface area contributed by atoms with Gasteiger partial charge in [-0.3, -0.25) is 4.79 Å². The molecule has 1 heterocycles. The average Bonchev–Trinajstić information content (AvgIpc) is 2.80. The summed E-state index contributed by atoms with van der Waals surface area (Å²) in [7, 11) is 0. The van der Waals surface area contributed by atoms with Crippen LogP contribution in [0.1, 0.15) is 35.9 Å². The van der Waals surface area contributed by atoms with Gasteiger partial charge in [-0.1, -0.05) is 13.3 Å². The first-order chi connectivity index (χ1) is 9.15. The molecule has 1 atom stereocenters. The second kappa shape index (κ2) is 8.88. The summed E-state index contributed by atoms with van der Waals surface area (Å²) >= 11 is 1.67. The molecule has 4 heteroatoms. The standard InChI is InChI=1S/C15H23NO2S/c1-3-4-13(9-10-17)11-16-15(18)8-7-14-6-5-12(2)19-14/h5-8,13,17H,3-4,9-11H2,1-2H3,(H,16,18)/b8-7+. The normalized spacial score (nSPS) is 12.8. The van der Waals surface area contributed by atoms with Crippen LogP contribution < -0.4 is 5.32 Å². The Balaban J connectivity index is 2.35. The molecule has 106 valence electrons. The van der Waals surface area contributed by atoms with E-state index in [-0.39, 0.29) is 12.5 Å². The number of aliphatic hydroxyl groups is 1. The highest BCUT2D eigenvalue weighted by molar-refractivity contribution is 7.12. The molecule has 0 saturated carbocycles. The molecule has 0 bridgehead atoms. The smallest absolute Gasteiger partial charge is 0.244 e. The van der Waals surface area contributed by atoms with E-state index < -0.39 is 0 Å². The molecule has 0 saturated heterocycles. The zero-order chi connectivity index (χ0) is 14.1. The lowest BCUT2D eigenvalue weighted by Gasteiger charge is -2.14. The van der Waals surface area contributed by atoms with Crippen molar-refractivity contribution in [2.45, 2.75) is 33.1 Å². The predicted molar refractivity (Wildman–Crippen MR) is 81.2 cm³/mol. The minimum absolute atomic E-state index is 0.0647. The molecule has 0 aromatic carbocycles. The Bertz CT molecular complexity index is 406. The zero-order valence-electron chi connectivity index (χ0n) is 11.7. The minimum Gasteiger partial charge on any atom is -0.396 e. The van der Waals surface area contributed by atoms with Gasteiger partial charge in [-0.15, -0.1) is 11.3 Å². The molecule has 0 aliphatic heterocycles. The Kier molecular flexibility index (Phi) is 7.45. The predicted octanol–water partition coefficient (Wildman–Crippen LogP) is 2.98. The van der Waals surface area contributed by atoms with Gasteiger partial charge >= 0.3 is 0 Å². The van der Waals surface area contributed by atoms with E-state index in [0.717, 1.165) is 24.1 Å². The molecule has 1 aromatic rings. The molecule has 0 radical (unpaired) electrons. The van der Waals surface area contributed by atoms with Crippen LogP contribution in [0, 0.1) is 12.8 Å². The molecule has 0 aliphatic rings. The van der Waals surface area contributed by atoms with E-state index in [1.165, 1.54) is 4.88 Å². The monoisotopic (exact) mass is 281 g/mol. The summed E-state index contributed by atoms with van der Waals surface area (Å²) < 4.78 is 0. The molecule has 19 heavy (non-hydrogen) atoms. The van der Waals surface area contributed by atoms with Gasteiger partial charge in [0.15, 0.2) is 0 Å². The number of nitrogens with one attached hydrogen (secondary N) is 1. The third-order valence-electron chi connectivity index (χ3n) is 2.96. The average molecular weight is 281 g/mol. The Morgan fingerprint density at radius 1 is 1.47 bits per heavy atom. The zero-order valence-corrected chi connectivity index (χ0v) is 12.5. The molecule has 1 aromatic heterocycles. The van der Waals surface area contributed by atoms with Crippen LogP contribution in [0.2, 0.25) is 0 Å². The molecule has 0 fully saturated rings. The van der Waals surface area contributed by atoms with Gasteiger partial charge in [0.2, 0.25) is 5.91 Å². The first-order valence-corrected chi connectivity index (χ1v) is 7.60. The number of rotatable bonds is 8. The van der Waals surface area contributed by atoms with Crippen molar-refractivity contribution < 1.29 is 9.90 Å². The van der Waals surface area contributed by atoms with E-state index in [9.17, 15) is 4.79 Å². The van der Waals surface area contributed by atoms with Gasteiger partial charge < -0.3 is 10.4 Å². The van der Waals surface area contributed by atoms with E-state index in [4.69, 9.17) is 5.11 Å². The molecule has 2 N–H and O–H groups in total. The highest BCUT2D eigenvalue weighted by atomic mass is 32.1. The van der Waals surface area contributed by atoms with Crippen molar-refractivity contribution in [3.05, 3.63) is 28.0 Å². The van der Waals surface area contributed by atoms with Crippen LogP contribution in [0.5, 0.6) is 0 Å². The van der Waals surface area contributed by atoms with Crippen LogP contribution in [-0.4, -0.2) is 24.2 Å². The van der Waals surface area contributed by atoms with E-state index >= 15 is 0 Å². The van der Waals surface area contributed by atoms with Crippen molar-refractivity contribution in [3.63, 3.8) is 0 Å². The summed E-state index contributed by atoms with van der Waals surface area (Å²) in [6.45, 7) is 4.99. The second-order valence-electron chi connectivity index (χ2n) is 4.69. The Morgan fingerprint density at radius 2 is 2.26 bits per heavy atom. The minimum atomic E-state index is -0.0647. The number of carbonyl (C=O) groups is 1. The highest BCUT2D eigenvalue weighted by Gasteiger charge is 2.07. The summed E-state index contributed by atoms with van der Waals surface area (Å²) in [6.07, 6.45) is 6.28. The Hall–Kier alpha value is -1.13. The van der Waals surface area contributed by atoms with Gasteiger partial charge in [-0.05, 0) is 43.9 Å². The maximum absolute atomic E-state index is 11.7. The van der Waals surface area contributed by atoms with E-state index in [0.29, 0.717) is 12.5 Å². The van der Waals surface area contributed by atoms with Crippen LogP contribution in [0.15, 0.2) is 18.2 Å².